The van der Waals surface area contributed by atoms with Gasteiger partial charge >= 0.3 is 0 Å². The van der Waals surface area contributed by atoms with Gasteiger partial charge in [-0.15, -0.1) is 0 Å². The Morgan fingerprint density at radius 2 is 2.28 bits per heavy atom. The van der Waals surface area contributed by atoms with Crippen LogP contribution in [-0.2, 0) is 0 Å². The van der Waals surface area contributed by atoms with Crippen molar-refractivity contribution in [3.63, 3.8) is 0 Å². The second-order valence-corrected chi connectivity index (χ2v) is 5.07. The minimum atomic E-state index is 0.135. The lowest BCUT2D eigenvalue weighted by Gasteiger charge is -2.34. The highest BCUT2D eigenvalue weighted by molar-refractivity contribution is 5.14. The molecule has 0 radical (unpaired) electrons. The van der Waals surface area contributed by atoms with Crippen molar-refractivity contribution in [1.82, 2.24) is 10.3 Å². The van der Waals surface area contributed by atoms with Gasteiger partial charge in [-0.05, 0) is 30.4 Å². The zero-order valence-electron chi connectivity index (χ0n) is 10.8. The summed E-state index contributed by atoms with van der Waals surface area (Å²) in [4.78, 5) is 4.14. The molecule has 1 fully saturated rings. The van der Waals surface area contributed by atoms with Crippen LogP contribution in [0.15, 0.2) is 24.5 Å². The Hall–Kier alpha value is -0.970. The van der Waals surface area contributed by atoms with Gasteiger partial charge < -0.3 is 16.2 Å². The Morgan fingerprint density at radius 1 is 1.44 bits per heavy atom. The van der Waals surface area contributed by atoms with E-state index in [4.69, 9.17) is 5.73 Å². The third-order valence-electron chi connectivity index (χ3n) is 3.88. The number of hydrogen-bond acceptors (Lipinski definition) is 4. The van der Waals surface area contributed by atoms with Gasteiger partial charge in [-0.1, -0.05) is 18.9 Å². The molecule has 1 aromatic heterocycles. The maximum Gasteiger partial charge on any atom is 0.0474 e. The number of pyridine rings is 1. The first-order valence-corrected chi connectivity index (χ1v) is 6.82. The summed E-state index contributed by atoms with van der Waals surface area (Å²) in [5, 5.41) is 13.0. The summed E-state index contributed by atoms with van der Waals surface area (Å²) in [6.45, 7) is 0.822. The number of nitrogens with one attached hydrogen (secondary N) is 1. The largest absolute Gasteiger partial charge is 0.396 e. The maximum atomic E-state index is 9.43. The standard InChI is InChI=1S/C14H23N3O/c15-8-14(11-5-3-7-16-9-11)17-13-6-2-1-4-12(13)10-18/h3,5,7,9,12-14,17-18H,1-2,4,6,8,10,15H2. The molecule has 0 bridgehead atoms. The fourth-order valence-electron chi connectivity index (χ4n) is 2.79. The Morgan fingerprint density at radius 3 is 2.94 bits per heavy atom. The normalized spacial score (nSPS) is 25.9. The van der Waals surface area contributed by atoms with Gasteiger partial charge in [0.05, 0.1) is 0 Å². The molecular formula is C14H23N3O. The average molecular weight is 249 g/mol. The molecule has 4 N–H and O–H groups in total. The maximum absolute atomic E-state index is 9.43. The molecule has 1 heterocycles. The van der Waals surface area contributed by atoms with Crippen LogP contribution in [0.4, 0.5) is 0 Å². The summed E-state index contributed by atoms with van der Waals surface area (Å²) in [6, 6.07) is 4.49. The Bertz CT molecular complexity index is 344. The molecule has 1 saturated carbocycles. The summed E-state index contributed by atoms with van der Waals surface area (Å²) in [6.07, 6.45) is 8.33. The van der Waals surface area contributed by atoms with E-state index in [0.717, 1.165) is 18.4 Å². The van der Waals surface area contributed by atoms with Crippen LogP contribution in [0.5, 0.6) is 0 Å². The molecule has 3 atom stereocenters. The van der Waals surface area contributed by atoms with E-state index < -0.39 is 0 Å². The number of aliphatic hydroxyl groups is 1. The van der Waals surface area contributed by atoms with Crippen molar-refractivity contribution in [2.45, 2.75) is 37.8 Å². The van der Waals surface area contributed by atoms with Crippen molar-refractivity contribution in [3.05, 3.63) is 30.1 Å². The molecule has 4 heteroatoms. The zero-order valence-corrected chi connectivity index (χ0v) is 10.8. The molecule has 0 saturated heterocycles. The zero-order chi connectivity index (χ0) is 12.8. The molecule has 0 spiro atoms. The third-order valence-corrected chi connectivity index (χ3v) is 3.88. The van der Waals surface area contributed by atoms with Crippen LogP contribution in [-0.4, -0.2) is 29.3 Å². The van der Waals surface area contributed by atoms with Gasteiger partial charge in [0.15, 0.2) is 0 Å². The quantitative estimate of drug-likeness (QED) is 0.734. The van der Waals surface area contributed by atoms with Crippen molar-refractivity contribution in [3.8, 4) is 0 Å². The van der Waals surface area contributed by atoms with Crippen LogP contribution in [0, 0.1) is 5.92 Å². The predicted molar refractivity (Wildman–Crippen MR) is 72.0 cm³/mol. The number of hydrogen-bond donors (Lipinski definition) is 3. The lowest BCUT2D eigenvalue weighted by molar-refractivity contribution is 0.146. The van der Waals surface area contributed by atoms with E-state index in [0.29, 0.717) is 18.5 Å². The molecule has 0 aromatic carbocycles. The van der Waals surface area contributed by atoms with Crippen molar-refractivity contribution >= 4 is 0 Å². The molecule has 0 amide bonds. The Balaban J connectivity index is 2.01. The van der Waals surface area contributed by atoms with E-state index >= 15 is 0 Å². The van der Waals surface area contributed by atoms with E-state index in [-0.39, 0.29) is 12.6 Å². The summed E-state index contributed by atoms with van der Waals surface area (Å²) in [5.74, 6) is 0.365. The van der Waals surface area contributed by atoms with E-state index in [1.54, 1.807) is 6.20 Å². The highest BCUT2D eigenvalue weighted by Gasteiger charge is 2.26. The number of aliphatic hydroxyl groups excluding tert-OH is 1. The van der Waals surface area contributed by atoms with Crippen LogP contribution in [0.25, 0.3) is 0 Å². The molecule has 0 aliphatic heterocycles. The molecule has 1 aromatic rings. The van der Waals surface area contributed by atoms with Crippen molar-refractivity contribution in [2.75, 3.05) is 13.2 Å². The first-order valence-electron chi connectivity index (χ1n) is 6.82. The number of nitrogens with two attached hydrogens (primary N) is 1. The van der Waals surface area contributed by atoms with Crippen LogP contribution in [0.2, 0.25) is 0 Å². The molecule has 100 valence electrons. The summed E-state index contributed by atoms with van der Waals surface area (Å²) in [7, 11) is 0. The molecule has 1 aliphatic carbocycles. The lowest BCUT2D eigenvalue weighted by Crippen LogP contribution is -2.44. The van der Waals surface area contributed by atoms with Crippen LogP contribution in [0.1, 0.15) is 37.3 Å². The first kappa shape index (κ1) is 13.5. The van der Waals surface area contributed by atoms with E-state index in [9.17, 15) is 5.11 Å². The fraction of sp³-hybridized carbons (Fsp3) is 0.643. The summed E-state index contributed by atoms with van der Waals surface area (Å²) < 4.78 is 0. The smallest absolute Gasteiger partial charge is 0.0474 e. The van der Waals surface area contributed by atoms with Crippen LogP contribution < -0.4 is 11.1 Å². The Labute approximate surface area is 109 Å². The van der Waals surface area contributed by atoms with Crippen LogP contribution >= 0.6 is 0 Å². The third kappa shape index (κ3) is 3.28. The van der Waals surface area contributed by atoms with Crippen molar-refractivity contribution in [1.29, 1.82) is 0 Å². The van der Waals surface area contributed by atoms with Gasteiger partial charge in [0.25, 0.3) is 0 Å². The van der Waals surface area contributed by atoms with Gasteiger partial charge in [0.1, 0.15) is 0 Å². The van der Waals surface area contributed by atoms with Crippen LogP contribution in [0.3, 0.4) is 0 Å². The topological polar surface area (TPSA) is 71.2 Å². The Kier molecular flexibility index (Phi) is 5.11. The predicted octanol–water partition coefficient (Wildman–Crippen LogP) is 1.22. The molecule has 18 heavy (non-hydrogen) atoms. The van der Waals surface area contributed by atoms with Crippen molar-refractivity contribution < 1.29 is 5.11 Å². The van der Waals surface area contributed by atoms with Gasteiger partial charge in [-0.25, -0.2) is 0 Å². The van der Waals surface area contributed by atoms with E-state index in [2.05, 4.69) is 10.3 Å². The molecule has 3 unspecified atom stereocenters. The fourth-order valence-corrected chi connectivity index (χ4v) is 2.79. The summed E-state index contributed by atoms with van der Waals surface area (Å²) >= 11 is 0. The van der Waals surface area contributed by atoms with Gasteiger partial charge in [0.2, 0.25) is 0 Å². The number of nitrogens with zero attached hydrogens (tertiary/aromatic N) is 1. The van der Waals surface area contributed by atoms with Gasteiger partial charge in [0, 0.05) is 37.6 Å². The van der Waals surface area contributed by atoms with Gasteiger partial charge in [-0.2, -0.15) is 0 Å². The highest BCUT2D eigenvalue weighted by Crippen LogP contribution is 2.26. The van der Waals surface area contributed by atoms with E-state index in [1.807, 2.05) is 18.3 Å². The molecule has 4 nitrogen and oxygen atoms in total. The first-order chi connectivity index (χ1) is 8.85. The second kappa shape index (κ2) is 6.83. The molecule has 2 rings (SSSR count). The SMILES string of the molecule is NCC(NC1CCCCC1CO)c1cccnc1. The average Bonchev–Trinajstić information content (AvgIpc) is 2.46. The highest BCUT2D eigenvalue weighted by atomic mass is 16.3. The molecule has 1 aliphatic rings. The van der Waals surface area contributed by atoms with Gasteiger partial charge in [-0.3, -0.25) is 4.98 Å². The minimum Gasteiger partial charge on any atom is -0.396 e. The monoisotopic (exact) mass is 249 g/mol. The number of aromatic nitrogens is 1. The minimum absolute atomic E-state index is 0.135. The van der Waals surface area contributed by atoms with E-state index in [1.165, 1.54) is 12.8 Å². The second-order valence-electron chi connectivity index (χ2n) is 5.07. The van der Waals surface area contributed by atoms with Crippen molar-refractivity contribution in [2.24, 2.45) is 11.7 Å². The summed E-state index contributed by atoms with van der Waals surface area (Å²) in [5.41, 5.74) is 6.98. The lowest BCUT2D eigenvalue weighted by atomic mass is 9.84. The molecular weight excluding hydrogens is 226 g/mol. The number of rotatable bonds is 5.